The Hall–Kier alpha value is -3.15. The first kappa shape index (κ1) is 22.5. The molecule has 0 spiro atoms. The molecular formula is C25H31N3O3. The van der Waals surface area contributed by atoms with Crippen molar-refractivity contribution >= 4 is 23.4 Å². The number of anilines is 1. The average Bonchev–Trinajstić information content (AvgIpc) is 3.53. The highest BCUT2D eigenvalue weighted by Crippen LogP contribution is 2.23. The monoisotopic (exact) mass is 421 g/mol. The first-order valence-electron chi connectivity index (χ1n) is 10.7. The second-order valence-electron chi connectivity index (χ2n) is 9.16. The van der Waals surface area contributed by atoms with Gasteiger partial charge in [0.1, 0.15) is 0 Å². The van der Waals surface area contributed by atoms with Gasteiger partial charge in [-0.3, -0.25) is 14.4 Å². The molecule has 1 aliphatic rings. The lowest BCUT2D eigenvalue weighted by Gasteiger charge is -2.19. The molecule has 31 heavy (non-hydrogen) atoms. The van der Waals surface area contributed by atoms with Crippen molar-refractivity contribution in [3.63, 3.8) is 0 Å². The van der Waals surface area contributed by atoms with Crippen LogP contribution in [0.15, 0.2) is 42.5 Å². The van der Waals surface area contributed by atoms with E-state index in [1.54, 1.807) is 24.3 Å². The van der Waals surface area contributed by atoms with Gasteiger partial charge in [0.25, 0.3) is 11.8 Å². The highest BCUT2D eigenvalue weighted by molar-refractivity contribution is 5.98. The molecule has 0 bridgehead atoms. The Morgan fingerprint density at radius 2 is 1.58 bits per heavy atom. The van der Waals surface area contributed by atoms with Gasteiger partial charge in [-0.05, 0) is 60.6 Å². The molecular weight excluding hydrogens is 390 g/mol. The number of rotatable bonds is 7. The molecule has 0 heterocycles. The predicted molar refractivity (Wildman–Crippen MR) is 122 cm³/mol. The van der Waals surface area contributed by atoms with Gasteiger partial charge >= 0.3 is 0 Å². The third kappa shape index (κ3) is 6.41. The topological polar surface area (TPSA) is 87.3 Å². The predicted octanol–water partition coefficient (Wildman–Crippen LogP) is 3.94. The van der Waals surface area contributed by atoms with Crippen LogP contribution in [-0.4, -0.2) is 30.3 Å². The molecule has 0 aliphatic heterocycles. The van der Waals surface area contributed by atoms with E-state index in [-0.39, 0.29) is 42.1 Å². The zero-order valence-electron chi connectivity index (χ0n) is 18.7. The molecule has 0 atom stereocenters. The highest BCUT2D eigenvalue weighted by Gasteiger charge is 2.24. The zero-order valence-corrected chi connectivity index (χ0v) is 18.7. The summed E-state index contributed by atoms with van der Waals surface area (Å²) in [5.74, 6) is -0.544. The quantitative estimate of drug-likeness (QED) is 0.633. The zero-order chi connectivity index (χ0) is 22.6. The van der Waals surface area contributed by atoms with Crippen molar-refractivity contribution in [2.24, 2.45) is 0 Å². The molecule has 1 saturated carbocycles. The summed E-state index contributed by atoms with van der Waals surface area (Å²) in [6.45, 7) is 8.47. The smallest absolute Gasteiger partial charge is 0.251 e. The molecule has 6 heteroatoms. The third-order valence-corrected chi connectivity index (χ3v) is 5.34. The van der Waals surface area contributed by atoms with E-state index in [4.69, 9.17) is 0 Å². The van der Waals surface area contributed by atoms with Crippen molar-refractivity contribution < 1.29 is 14.4 Å². The van der Waals surface area contributed by atoms with Gasteiger partial charge < -0.3 is 16.0 Å². The standard InChI is InChI=1S/C25H31N3O3/c1-16-5-6-18(24(31)27-20-11-12-20)15-21(16)28-22(29)13-14-26-23(30)17-7-9-19(10-8-17)25(2,3)4/h5-10,15,20H,11-14H2,1-4H3,(H,26,30)(H,27,31)(H,28,29). The van der Waals surface area contributed by atoms with Crippen LogP contribution in [0.4, 0.5) is 5.69 Å². The Bertz CT molecular complexity index is 970. The lowest BCUT2D eigenvalue weighted by atomic mass is 9.87. The summed E-state index contributed by atoms with van der Waals surface area (Å²) in [5, 5.41) is 8.57. The molecule has 0 radical (unpaired) electrons. The Kier molecular flexibility index (Phi) is 6.78. The second-order valence-corrected chi connectivity index (χ2v) is 9.16. The minimum Gasteiger partial charge on any atom is -0.352 e. The number of benzene rings is 2. The van der Waals surface area contributed by atoms with E-state index < -0.39 is 0 Å². The third-order valence-electron chi connectivity index (χ3n) is 5.34. The molecule has 1 fully saturated rings. The maximum atomic E-state index is 12.3. The van der Waals surface area contributed by atoms with Gasteiger partial charge in [0.2, 0.25) is 5.91 Å². The Morgan fingerprint density at radius 1 is 0.935 bits per heavy atom. The molecule has 3 rings (SSSR count). The Balaban J connectivity index is 1.49. The number of hydrogen-bond donors (Lipinski definition) is 3. The number of amides is 3. The van der Waals surface area contributed by atoms with Crippen LogP contribution < -0.4 is 16.0 Å². The van der Waals surface area contributed by atoms with Crippen molar-refractivity contribution in [2.45, 2.75) is 58.4 Å². The fraction of sp³-hybridized carbons (Fsp3) is 0.400. The van der Waals surface area contributed by atoms with Crippen LogP contribution in [0.3, 0.4) is 0 Å². The van der Waals surface area contributed by atoms with Crippen LogP contribution in [-0.2, 0) is 10.2 Å². The highest BCUT2D eigenvalue weighted by atomic mass is 16.2. The van der Waals surface area contributed by atoms with Crippen LogP contribution in [0.1, 0.15) is 71.9 Å². The maximum Gasteiger partial charge on any atom is 0.251 e. The minimum absolute atomic E-state index is 0.0289. The second kappa shape index (κ2) is 9.33. The van der Waals surface area contributed by atoms with Gasteiger partial charge in [0, 0.05) is 35.8 Å². The van der Waals surface area contributed by atoms with Crippen molar-refractivity contribution in [3.8, 4) is 0 Å². The lowest BCUT2D eigenvalue weighted by Crippen LogP contribution is -2.28. The molecule has 1 aliphatic carbocycles. The van der Waals surface area contributed by atoms with E-state index in [9.17, 15) is 14.4 Å². The molecule has 164 valence electrons. The summed E-state index contributed by atoms with van der Waals surface area (Å²) in [7, 11) is 0. The Labute approximate surface area is 183 Å². The van der Waals surface area contributed by atoms with Gasteiger partial charge in [-0.25, -0.2) is 0 Å². The lowest BCUT2D eigenvalue weighted by molar-refractivity contribution is -0.116. The molecule has 0 saturated heterocycles. The van der Waals surface area contributed by atoms with Crippen molar-refractivity contribution in [1.82, 2.24) is 10.6 Å². The fourth-order valence-electron chi connectivity index (χ4n) is 3.12. The number of hydrogen-bond acceptors (Lipinski definition) is 3. The van der Waals surface area contributed by atoms with Crippen LogP contribution >= 0.6 is 0 Å². The van der Waals surface area contributed by atoms with E-state index in [1.807, 2.05) is 25.1 Å². The molecule has 0 unspecified atom stereocenters. The van der Waals surface area contributed by atoms with Gasteiger partial charge in [-0.15, -0.1) is 0 Å². The SMILES string of the molecule is Cc1ccc(C(=O)NC2CC2)cc1NC(=O)CCNC(=O)c1ccc(C(C)(C)C)cc1. The number of nitrogens with one attached hydrogen (secondary N) is 3. The number of aryl methyl sites for hydroxylation is 1. The normalized spacial score (nSPS) is 13.4. The minimum atomic E-state index is -0.216. The van der Waals surface area contributed by atoms with E-state index in [0.717, 1.165) is 24.0 Å². The number of carbonyl (C=O) groups excluding carboxylic acids is 3. The largest absolute Gasteiger partial charge is 0.352 e. The van der Waals surface area contributed by atoms with Gasteiger partial charge in [-0.1, -0.05) is 39.0 Å². The van der Waals surface area contributed by atoms with Crippen LogP contribution in [0.5, 0.6) is 0 Å². The summed E-state index contributed by atoms with van der Waals surface area (Å²) >= 11 is 0. The van der Waals surface area contributed by atoms with E-state index in [2.05, 4.69) is 36.7 Å². The van der Waals surface area contributed by atoms with E-state index in [1.165, 1.54) is 0 Å². The van der Waals surface area contributed by atoms with Crippen LogP contribution in [0.2, 0.25) is 0 Å². The molecule has 0 aromatic heterocycles. The molecule has 3 amide bonds. The van der Waals surface area contributed by atoms with Crippen molar-refractivity contribution in [2.75, 3.05) is 11.9 Å². The van der Waals surface area contributed by atoms with E-state index in [0.29, 0.717) is 16.8 Å². The van der Waals surface area contributed by atoms with Gasteiger partial charge in [0.15, 0.2) is 0 Å². The first-order valence-corrected chi connectivity index (χ1v) is 10.7. The number of carbonyl (C=O) groups is 3. The summed E-state index contributed by atoms with van der Waals surface area (Å²) in [6.07, 6.45) is 2.19. The van der Waals surface area contributed by atoms with Crippen molar-refractivity contribution in [1.29, 1.82) is 0 Å². The average molecular weight is 422 g/mol. The fourth-order valence-corrected chi connectivity index (χ4v) is 3.12. The summed E-state index contributed by atoms with van der Waals surface area (Å²) < 4.78 is 0. The van der Waals surface area contributed by atoms with Crippen LogP contribution in [0, 0.1) is 6.92 Å². The molecule has 6 nitrogen and oxygen atoms in total. The van der Waals surface area contributed by atoms with Crippen molar-refractivity contribution in [3.05, 3.63) is 64.7 Å². The summed E-state index contributed by atoms with van der Waals surface area (Å²) in [5.41, 5.74) is 3.77. The Morgan fingerprint density at radius 3 is 2.19 bits per heavy atom. The first-order chi connectivity index (χ1) is 14.6. The van der Waals surface area contributed by atoms with Gasteiger partial charge in [0.05, 0.1) is 0 Å². The maximum absolute atomic E-state index is 12.3. The molecule has 3 N–H and O–H groups in total. The molecule has 2 aromatic rings. The summed E-state index contributed by atoms with van der Waals surface area (Å²) in [4.78, 5) is 36.9. The molecule has 2 aromatic carbocycles. The van der Waals surface area contributed by atoms with E-state index >= 15 is 0 Å². The summed E-state index contributed by atoms with van der Waals surface area (Å²) in [6, 6.07) is 13.1. The van der Waals surface area contributed by atoms with Gasteiger partial charge in [-0.2, -0.15) is 0 Å². The van der Waals surface area contributed by atoms with Crippen LogP contribution in [0.25, 0.3) is 0 Å².